The van der Waals surface area contributed by atoms with Gasteiger partial charge in [-0.3, -0.25) is 0 Å². The molecule has 5 nitrogen and oxygen atoms in total. The van der Waals surface area contributed by atoms with E-state index in [2.05, 4.69) is 74.2 Å². The van der Waals surface area contributed by atoms with Crippen molar-refractivity contribution in [1.29, 1.82) is 0 Å². The van der Waals surface area contributed by atoms with E-state index >= 15 is 0 Å². The topological polar surface area (TPSA) is 65.0 Å². The number of fused-ring (bicyclic) bond motifs is 8. The van der Waals surface area contributed by atoms with Gasteiger partial charge in [0.1, 0.15) is 16.7 Å². The maximum absolute atomic E-state index is 6.24. The first-order valence-corrected chi connectivity index (χ1v) is 16.2. The summed E-state index contributed by atoms with van der Waals surface area (Å²) < 4.78 is 12.4. The minimum absolute atomic E-state index is 0.609. The minimum atomic E-state index is 0.609. The molecule has 0 N–H and O–H groups in total. The molecule has 9 aromatic rings. The van der Waals surface area contributed by atoms with E-state index in [1.807, 2.05) is 84.9 Å². The van der Waals surface area contributed by atoms with Crippen LogP contribution in [0.3, 0.4) is 0 Å². The molecule has 0 spiro atoms. The van der Waals surface area contributed by atoms with Crippen molar-refractivity contribution in [3.8, 4) is 22.6 Å². The molecule has 0 aliphatic heterocycles. The van der Waals surface area contributed by atoms with Crippen molar-refractivity contribution < 1.29 is 8.83 Å². The Bertz CT molecular complexity index is 2800. The van der Waals surface area contributed by atoms with Crippen LogP contribution in [0.25, 0.3) is 88.6 Å². The maximum Gasteiger partial charge on any atom is 0.228 e. The second-order valence-electron chi connectivity index (χ2n) is 12.1. The van der Waals surface area contributed by atoms with Gasteiger partial charge in [-0.15, -0.1) is 0 Å². The molecule has 5 heteroatoms. The number of benzene rings is 5. The van der Waals surface area contributed by atoms with Crippen LogP contribution in [0.1, 0.15) is 18.3 Å². The van der Waals surface area contributed by atoms with Crippen LogP contribution in [0.15, 0.2) is 161 Å². The van der Waals surface area contributed by atoms with Crippen molar-refractivity contribution in [2.75, 3.05) is 0 Å². The van der Waals surface area contributed by atoms with Crippen molar-refractivity contribution >= 4 is 65.9 Å². The van der Waals surface area contributed by atoms with Crippen LogP contribution in [0.2, 0.25) is 0 Å². The zero-order valence-corrected chi connectivity index (χ0v) is 26.7. The lowest BCUT2D eigenvalue weighted by Gasteiger charge is -2.10. The zero-order valence-electron chi connectivity index (χ0n) is 26.7. The number of hydrogen-bond donors (Lipinski definition) is 0. The number of rotatable bonds is 6. The summed E-state index contributed by atoms with van der Waals surface area (Å²) in [6, 6.07) is 42.8. The van der Waals surface area contributed by atoms with Gasteiger partial charge in [0.25, 0.3) is 0 Å². The fourth-order valence-electron chi connectivity index (χ4n) is 6.69. The number of aromatic nitrogens is 3. The van der Waals surface area contributed by atoms with E-state index in [9.17, 15) is 0 Å². The Morgan fingerprint density at radius 2 is 1.24 bits per heavy atom. The molecule has 0 radical (unpaired) electrons. The molecule has 0 bridgehead atoms. The Balaban J connectivity index is 1.21. The van der Waals surface area contributed by atoms with Crippen molar-refractivity contribution in [3.05, 3.63) is 164 Å². The van der Waals surface area contributed by atoms with E-state index in [4.69, 9.17) is 23.8 Å². The lowest BCUT2D eigenvalue weighted by atomic mass is 9.99. The third kappa shape index (κ3) is 4.83. The molecule has 0 atom stereocenters. The number of furan rings is 2. The number of allylic oxidation sites excluding steroid dienone is 5. The smallest absolute Gasteiger partial charge is 0.228 e. The van der Waals surface area contributed by atoms with E-state index < -0.39 is 0 Å². The summed E-state index contributed by atoms with van der Waals surface area (Å²) in [6.07, 6.45) is 5.98. The Morgan fingerprint density at radius 1 is 0.592 bits per heavy atom. The summed E-state index contributed by atoms with van der Waals surface area (Å²) in [5, 5.41) is 6.25. The van der Waals surface area contributed by atoms with E-state index in [1.54, 1.807) is 0 Å². The van der Waals surface area contributed by atoms with Crippen LogP contribution in [0.4, 0.5) is 0 Å². The molecule has 0 unspecified atom stereocenters. The molecule has 9 rings (SSSR count). The fraction of sp³-hybridized carbons (Fsp3) is 0.0227. The SMILES string of the molecule is C=C/C(=C\C=C(/C)c1cc(-c2ccccc2)nc(-c2cccc3oc4ccccc4c23)n1)c1nc2oc3ccccc3c2c2ccccc12. The highest BCUT2D eigenvalue weighted by atomic mass is 16.3. The molecular formula is C44H29N3O2. The van der Waals surface area contributed by atoms with Gasteiger partial charge < -0.3 is 8.83 Å². The van der Waals surface area contributed by atoms with Crippen LogP contribution in [-0.4, -0.2) is 15.0 Å². The first-order chi connectivity index (χ1) is 24.2. The molecule has 0 amide bonds. The monoisotopic (exact) mass is 631 g/mol. The summed E-state index contributed by atoms with van der Waals surface area (Å²) in [7, 11) is 0. The third-order valence-electron chi connectivity index (χ3n) is 9.09. The van der Waals surface area contributed by atoms with Gasteiger partial charge in [-0.1, -0.05) is 128 Å². The third-order valence-corrected chi connectivity index (χ3v) is 9.09. The average Bonchev–Trinajstić information content (AvgIpc) is 3.74. The van der Waals surface area contributed by atoms with Gasteiger partial charge in [-0.2, -0.15) is 0 Å². The Morgan fingerprint density at radius 3 is 2.02 bits per heavy atom. The molecule has 0 saturated heterocycles. The first kappa shape index (κ1) is 28.6. The van der Waals surface area contributed by atoms with Crippen LogP contribution < -0.4 is 0 Å². The van der Waals surface area contributed by atoms with Crippen LogP contribution in [0, 0.1) is 0 Å². The van der Waals surface area contributed by atoms with E-state index in [0.717, 1.165) is 88.4 Å². The van der Waals surface area contributed by atoms with Gasteiger partial charge in [0.2, 0.25) is 5.71 Å². The lowest BCUT2D eigenvalue weighted by Crippen LogP contribution is -1.98. The van der Waals surface area contributed by atoms with Gasteiger partial charge >= 0.3 is 0 Å². The summed E-state index contributed by atoms with van der Waals surface area (Å²) in [6.45, 7) is 6.24. The van der Waals surface area contributed by atoms with Crippen molar-refractivity contribution in [2.24, 2.45) is 0 Å². The molecule has 4 aromatic heterocycles. The first-order valence-electron chi connectivity index (χ1n) is 16.2. The van der Waals surface area contributed by atoms with Gasteiger partial charge in [0.05, 0.1) is 22.5 Å². The highest BCUT2D eigenvalue weighted by molar-refractivity contribution is 6.19. The molecule has 5 aromatic carbocycles. The number of pyridine rings is 1. The molecule has 0 aliphatic carbocycles. The van der Waals surface area contributed by atoms with E-state index in [0.29, 0.717) is 11.5 Å². The number of para-hydroxylation sites is 2. The zero-order chi connectivity index (χ0) is 32.9. The van der Waals surface area contributed by atoms with Gasteiger partial charge in [-0.25, -0.2) is 15.0 Å². The normalized spacial score (nSPS) is 12.5. The van der Waals surface area contributed by atoms with Crippen molar-refractivity contribution in [3.63, 3.8) is 0 Å². The summed E-state index contributed by atoms with van der Waals surface area (Å²) in [4.78, 5) is 15.3. The van der Waals surface area contributed by atoms with Crippen LogP contribution in [-0.2, 0) is 0 Å². The molecule has 0 saturated carbocycles. The van der Waals surface area contributed by atoms with Crippen molar-refractivity contribution in [1.82, 2.24) is 15.0 Å². The fourth-order valence-corrected chi connectivity index (χ4v) is 6.69. The summed E-state index contributed by atoms with van der Waals surface area (Å²) in [5.74, 6) is 0.636. The predicted molar refractivity (Wildman–Crippen MR) is 201 cm³/mol. The van der Waals surface area contributed by atoms with Crippen LogP contribution >= 0.6 is 0 Å². The standard InChI is InChI=1S/C44H29N3O2/c1-3-28(42-31-17-8-7-16-30(31)41-33-19-10-12-22-38(33)49-44(41)47-42)25-24-27(2)35-26-36(29-14-5-4-6-15-29)46-43(45-35)34-20-13-23-39-40(34)32-18-9-11-21-37(32)48-39/h3-26H,1H2,2H3/b27-24+,28-25+. The molecule has 232 valence electrons. The lowest BCUT2D eigenvalue weighted by molar-refractivity contribution is 0.654. The molecule has 49 heavy (non-hydrogen) atoms. The molecule has 4 heterocycles. The second-order valence-corrected chi connectivity index (χ2v) is 12.1. The number of nitrogens with zero attached hydrogens (tertiary/aromatic N) is 3. The van der Waals surface area contributed by atoms with Gasteiger partial charge in [-0.05, 0) is 42.1 Å². The minimum Gasteiger partial charge on any atom is -0.456 e. The Hall–Kier alpha value is -6.59. The van der Waals surface area contributed by atoms with Gasteiger partial charge in [0.15, 0.2) is 5.82 Å². The Labute approximate surface area is 282 Å². The van der Waals surface area contributed by atoms with E-state index in [1.165, 1.54) is 0 Å². The van der Waals surface area contributed by atoms with E-state index in [-0.39, 0.29) is 0 Å². The molecule has 0 aliphatic rings. The van der Waals surface area contributed by atoms with Gasteiger partial charge in [0, 0.05) is 38.2 Å². The highest BCUT2D eigenvalue weighted by Crippen LogP contribution is 2.38. The second kappa shape index (κ2) is 11.6. The maximum atomic E-state index is 6.24. The average molecular weight is 632 g/mol. The largest absolute Gasteiger partial charge is 0.456 e. The Kier molecular flexibility index (Phi) is 6.76. The molecule has 0 fully saturated rings. The number of hydrogen-bond acceptors (Lipinski definition) is 5. The van der Waals surface area contributed by atoms with Crippen LogP contribution in [0.5, 0.6) is 0 Å². The summed E-state index contributed by atoms with van der Waals surface area (Å²) >= 11 is 0. The summed E-state index contributed by atoms with van der Waals surface area (Å²) in [5.41, 5.74) is 9.33. The predicted octanol–water partition coefficient (Wildman–Crippen LogP) is 11.8. The quantitative estimate of drug-likeness (QED) is 0.171. The van der Waals surface area contributed by atoms with Crippen molar-refractivity contribution in [2.45, 2.75) is 6.92 Å². The molecular weight excluding hydrogens is 603 g/mol. The highest BCUT2D eigenvalue weighted by Gasteiger charge is 2.18.